The Bertz CT molecular complexity index is 1830. The number of thiazole rings is 1. The molecule has 0 unspecified atom stereocenters. The maximum absolute atomic E-state index is 13.7. The minimum atomic E-state index is -0.927. The Hall–Kier alpha value is -3.45. The smallest absolute Gasteiger partial charge is 0.421 e. The number of nitrogens with two attached hydrogens (primary N) is 1. The highest BCUT2D eigenvalue weighted by atomic mass is 35.5. The number of anilines is 1. The number of amides is 3. The Balaban J connectivity index is 1.27. The SMILES string of the molecule is CC(=O)N(Sc1nc(-c2cccc(N(C(=O)OC(C)(C)C)C(=O)[C@@H](N)CCc3ccccc3)c2)cs1)C1CCN(Cc2ccc(Cl)c(Cl)c2)CC1. The first-order valence-electron chi connectivity index (χ1n) is 16.8. The number of benzene rings is 3. The number of ether oxygens (including phenoxy) is 1. The molecule has 2 N–H and O–H groups in total. The minimum absolute atomic E-state index is 0.0307. The molecule has 9 nitrogen and oxygen atoms in total. The second-order valence-corrected chi connectivity index (χ2v) is 16.4. The molecule has 3 aromatic carbocycles. The van der Waals surface area contributed by atoms with E-state index in [0.29, 0.717) is 44.2 Å². The van der Waals surface area contributed by atoms with Crippen molar-refractivity contribution in [3.63, 3.8) is 0 Å². The fourth-order valence-electron chi connectivity index (χ4n) is 5.81. The summed E-state index contributed by atoms with van der Waals surface area (Å²) in [6, 6.07) is 21.7. The number of nitrogens with zero attached hydrogens (tertiary/aromatic N) is 4. The van der Waals surface area contributed by atoms with E-state index < -0.39 is 23.6 Å². The van der Waals surface area contributed by atoms with Crippen LogP contribution in [0.5, 0.6) is 0 Å². The van der Waals surface area contributed by atoms with Gasteiger partial charge in [-0.1, -0.05) is 71.7 Å². The van der Waals surface area contributed by atoms with Crippen LogP contribution in [0.1, 0.15) is 58.1 Å². The van der Waals surface area contributed by atoms with Gasteiger partial charge in [0.15, 0.2) is 4.34 Å². The predicted octanol–water partition coefficient (Wildman–Crippen LogP) is 8.87. The van der Waals surface area contributed by atoms with E-state index in [1.54, 1.807) is 45.9 Å². The lowest BCUT2D eigenvalue weighted by Gasteiger charge is -2.37. The summed E-state index contributed by atoms with van der Waals surface area (Å²) < 4.78 is 8.19. The Kier molecular flexibility index (Phi) is 13.2. The zero-order valence-corrected chi connectivity index (χ0v) is 32.3. The number of halogens is 2. The summed E-state index contributed by atoms with van der Waals surface area (Å²) in [5.74, 6) is -0.580. The quantitative estimate of drug-likeness (QED) is 0.151. The van der Waals surface area contributed by atoms with Crippen molar-refractivity contribution in [2.24, 2.45) is 5.73 Å². The van der Waals surface area contributed by atoms with E-state index >= 15 is 0 Å². The van der Waals surface area contributed by atoms with Crippen LogP contribution in [-0.4, -0.2) is 62.9 Å². The zero-order valence-electron chi connectivity index (χ0n) is 29.2. The van der Waals surface area contributed by atoms with Crippen molar-refractivity contribution in [2.75, 3.05) is 18.0 Å². The van der Waals surface area contributed by atoms with Gasteiger partial charge in [-0.05, 0) is 81.8 Å². The van der Waals surface area contributed by atoms with Crippen molar-refractivity contribution in [2.45, 2.75) is 81.9 Å². The fraction of sp³-hybridized carbons (Fsp3) is 0.368. The summed E-state index contributed by atoms with van der Waals surface area (Å²) >= 11 is 15.1. The first-order valence-corrected chi connectivity index (χ1v) is 19.2. The molecule has 1 aromatic heterocycles. The van der Waals surface area contributed by atoms with Crippen molar-refractivity contribution in [3.05, 3.63) is 99.3 Å². The second-order valence-electron chi connectivity index (χ2n) is 13.5. The Labute approximate surface area is 318 Å². The third-order valence-electron chi connectivity index (χ3n) is 8.35. The number of likely N-dealkylation sites (tertiary alicyclic amines) is 1. The van der Waals surface area contributed by atoms with Gasteiger partial charge in [0, 0.05) is 55.5 Å². The monoisotopic (exact) mass is 767 g/mol. The molecule has 3 amide bonds. The van der Waals surface area contributed by atoms with Crippen LogP contribution in [0.2, 0.25) is 10.0 Å². The highest BCUT2D eigenvalue weighted by Gasteiger charge is 2.33. The molecule has 4 aromatic rings. The number of piperidine rings is 1. The van der Waals surface area contributed by atoms with Crippen LogP contribution in [0.3, 0.4) is 0 Å². The van der Waals surface area contributed by atoms with Crippen molar-refractivity contribution in [1.82, 2.24) is 14.2 Å². The van der Waals surface area contributed by atoms with Gasteiger partial charge >= 0.3 is 6.09 Å². The van der Waals surface area contributed by atoms with Gasteiger partial charge < -0.3 is 10.5 Å². The van der Waals surface area contributed by atoms with Gasteiger partial charge in [0.2, 0.25) is 5.91 Å². The molecule has 1 fully saturated rings. The highest BCUT2D eigenvalue weighted by Crippen LogP contribution is 2.35. The number of imide groups is 1. The maximum atomic E-state index is 13.7. The largest absolute Gasteiger partial charge is 0.443 e. The normalized spacial score (nSPS) is 14.6. The van der Waals surface area contributed by atoms with Gasteiger partial charge in [0.05, 0.1) is 27.5 Å². The Morgan fingerprint density at radius 3 is 2.39 bits per heavy atom. The van der Waals surface area contributed by atoms with Crippen LogP contribution in [-0.2, 0) is 27.3 Å². The van der Waals surface area contributed by atoms with E-state index in [1.165, 1.54) is 23.3 Å². The predicted molar refractivity (Wildman–Crippen MR) is 207 cm³/mol. The van der Waals surface area contributed by atoms with Gasteiger partial charge in [-0.15, -0.1) is 11.3 Å². The standard InChI is InChI=1S/C38H43Cl2N5O4S2/c1-25(46)45(29-17-19-43(20-18-29)23-27-13-15-31(39)32(40)21-27)51-36-42-34(24-50-36)28-11-8-12-30(22-28)44(37(48)49-38(2,3)4)35(47)33(41)16-14-26-9-6-5-7-10-26/h5-13,15,21-22,24,29,33H,14,16-20,23,41H2,1-4H3/t33-/m0/s1. The van der Waals surface area contributed by atoms with Gasteiger partial charge in [-0.3, -0.25) is 18.8 Å². The van der Waals surface area contributed by atoms with Crippen LogP contribution < -0.4 is 10.6 Å². The third kappa shape index (κ3) is 10.8. The molecule has 51 heavy (non-hydrogen) atoms. The van der Waals surface area contributed by atoms with Crippen molar-refractivity contribution < 1.29 is 19.1 Å². The van der Waals surface area contributed by atoms with Crippen LogP contribution in [0.4, 0.5) is 10.5 Å². The zero-order chi connectivity index (χ0) is 36.7. The van der Waals surface area contributed by atoms with E-state index in [-0.39, 0.29) is 11.9 Å². The summed E-state index contributed by atoms with van der Waals surface area (Å²) in [6.07, 6.45) is 1.81. The lowest BCUT2D eigenvalue weighted by molar-refractivity contribution is -0.126. The van der Waals surface area contributed by atoms with E-state index in [2.05, 4.69) is 4.90 Å². The molecule has 1 saturated heterocycles. The first kappa shape index (κ1) is 38.8. The topological polar surface area (TPSA) is 109 Å². The number of aryl methyl sites for hydroxylation is 1. The molecule has 1 aliphatic heterocycles. The molecule has 1 aliphatic rings. The summed E-state index contributed by atoms with van der Waals surface area (Å²) in [6.45, 7) is 9.28. The molecule has 0 radical (unpaired) electrons. The van der Waals surface area contributed by atoms with Gasteiger partial charge in [0.25, 0.3) is 5.91 Å². The first-order chi connectivity index (χ1) is 24.3. The van der Waals surface area contributed by atoms with Crippen molar-refractivity contribution in [3.8, 4) is 11.3 Å². The molecule has 1 atom stereocenters. The van der Waals surface area contributed by atoms with Crippen molar-refractivity contribution >= 4 is 70.1 Å². The highest BCUT2D eigenvalue weighted by molar-refractivity contribution is 7.99. The van der Waals surface area contributed by atoms with E-state index in [1.807, 2.05) is 64.3 Å². The molecule has 0 saturated carbocycles. The number of hydrogen-bond donors (Lipinski definition) is 1. The molecule has 0 bridgehead atoms. The van der Waals surface area contributed by atoms with E-state index in [0.717, 1.165) is 48.5 Å². The van der Waals surface area contributed by atoms with Crippen LogP contribution in [0.25, 0.3) is 11.3 Å². The molecular formula is C38H43Cl2N5O4S2. The summed E-state index contributed by atoms with van der Waals surface area (Å²) in [7, 11) is 0. The van der Waals surface area contributed by atoms with Gasteiger partial charge in [0.1, 0.15) is 5.60 Å². The number of carbonyl (C=O) groups is 3. The molecule has 0 aliphatic carbocycles. The average molecular weight is 769 g/mol. The van der Waals surface area contributed by atoms with Crippen LogP contribution >= 0.6 is 46.5 Å². The lowest BCUT2D eigenvalue weighted by Crippen LogP contribution is -2.49. The molecular weight excluding hydrogens is 725 g/mol. The maximum Gasteiger partial charge on any atom is 0.421 e. The van der Waals surface area contributed by atoms with E-state index in [4.69, 9.17) is 38.7 Å². The number of hydrogen-bond acceptors (Lipinski definition) is 9. The third-order valence-corrected chi connectivity index (χ3v) is 11.2. The van der Waals surface area contributed by atoms with Crippen LogP contribution in [0.15, 0.2) is 82.5 Å². The Morgan fingerprint density at radius 1 is 1.00 bits per heavy atom. The number of carbonyl (C=O) groups excluding carboxylic acids is 3. The number of aromatic nitrogens is 1. The minimum Gasteiger partial charge on any atom is -0.443 e. The summed E-state index contributed by atoms with van der Waals surface area (Å²) in [5, 5.41) is 2.99. The van der Waals surface area contributed by atoms with Crippen LogP contribution in [0, 0.1) is 0 Å². The Morgan fingerprint density at radius 2 is 1.73 bits per heavy atom. The van der Waals surface area contributed by atoms with Gasteiger partial charge in [-0.25, -0.2) is 14.7 Å². The summed E-state index contributed by atoms with van der Waals surface area (Å²) in [4.78, 5) is 48.3. The molecule has 13 heteroatoms. The fourth-order valence-corrected chi connectivity index (χ4v) is 8.04. The number of rotatable bonds is 11. The van der Waals surface area contributed by atoms with E-state index in [9.17, 15) is 14.4 Å². The average Bonchev–Trinajstić information content (AvgIpc) is 3.57. The van der Waals surface area contributed by atoms with Gasteiger partial charge in [-0.2, -0.15) is 0 Å². The molecule has 270 valence electrons. The second kappa shape index (κ2) is 17.4. The van der Waals surface area contributed by atoms with Crippen molar-refractivity contribution in [1.29, 1.82) is 0 Å². The molecule has 5 rings (SSSR count). The summed E-state index contributed by atoms with van der Waals surface area (Å²) in [5.41, 5.74) is 9.42. The molecule has 0 spiro atoms. The lowest BCUT2D eigenvalue weighted by atomic mass is 10.0. The molecule has 2 heterocycles.